The number of rotatable bonds is 10. The van der Waals surface area contributed by atoms with Crippen LogP contribution in [0.15, 0.2) is 48.8 Å². The summed E-state index contributed by atoms with van der Waals surface area (Å²) in [6, 6.07) is 8.42. The molecule has 1 aromatic carbocycles. The van der Waals surface area contributed by atoms with Gasteiger partial charge in [-0.3, -0.25) is 14.6 Å². The van der Waals surface area contributed by atoms with Crippen LogP contribution >= 0.6 is 11.3 Å². The third kappa shape index (κ3) is 7.75. The molecule has 0 atom stereocenters. The summed E-state index contributed by atoms with van der Waals surface area (Å²) in [5.74, 6) is -1.31. The molecule has 0 spiro atoms. The van der Waals surface area contributed by atoms with Crippen LogP contribution in [0.3, 0.4) is 0 Å². The highest BCUT2D eigenvalue weighted by Gasteiger charge is 2.31. The van der Waals surface area contributed by atoms with E-state index in [9.17, 15) is 22.8 Å². The second-order valence-electron chi connectivity index (χ2n) is 6.68. The molecule has 0 aliphatic rings. The number of amides is 2. The van der Waals surface area contributed by atoms with Crippen molar-refractivity contribution in [2.45, 2.75) is 25.7 Å². The Hall–Kier alpha value is -3.67. The number of halogens is 3. The van der Waals surface area contributed by atoms with Crippen LogP contribution in [-0.4, -0.2) is 34.8 Å². The van der Waals surface area contributed by atoms with E-state index in [2.05, 4.69) is 20.0 Å². The summed E-state index contributed by atoms with van der Waals surface area (Å²) in [6.07, 6.45) is -0.177. The molecular formula is C21H19F3N4O4S. The molecule has 0 saturated carbocycles. The van der Waals surface area contributed by atoms with Crippen LogP contribution in [0.5, 0.6) is 11.5 Å². The van der Waals surface area contributed by atoms with Crippen LogP contribution in [0.1, 0.15) is 25.9 Å². The third-order valence-corrected chi connectivity index (χ3v) is 5.34. The number of hydrogen-bond acceptors (Lipinski definition) is 7. The first-order valence-corrected chi connectivity index (χ1v) is 10.4. The van der Waals surface area contributed by atoms with Gasteiger partial charge in [0, 0.05) is 17.3 Å². The zero-order valence-electron chi connectivity index (χ0n) is 17.1. The number of aryl methyl sites for hydroxylation is 2. The number of pyridine rings is 1. The van der Waals surface area contributed by atoms with Gasteiger partial charge in [-0.1, -0.05) is 0 Å². The number of aromatic nitrogens is 2. The number of alkyl halides is 3. The molecule has 2 heterocycles. The monoisotopic (exact) mass is 480 g/mol. The molecule has 12 heteroatoms. The molecule has 0 aliphatic heterocycles. The summed E-state index contributed by atoms with van der Waals surface area (Å²) in [7, 11) is 0. The van der Waals surface area contributed by atoms with Crippen molar-refractivity contribution < 1.29 is 32.2 Å². The van der Waals surface area contributed by atoms with Gasteiger partial charge in [0.15, 0.2) is 6.61 Å². The number of carbonyl (C=O) groups is 2. The fourth-order valence-corrected chi connectivity index (χ4v) is 3.77. The van der Waals surface area contributed by atoms with E-state index < -0.39 is 23.9 Å². The molecule has 0 saturated heterocycles. The van der Waals surface area contributed by atoms with Crippen molar-refractivity contribution in [1.29, 1.82) is 0 Å². The van der Waals surface area contributed by atoms with Crippen LogP contribution in [0.4, 0.5) is 13.2 Å². The molecular weight excluding hydrogens is 461 g/mol. The first-order chi connectivity index (χ1) is 15.7. The standard InChI is InChI=1S/C21H19F3N4O4S/c22-21(23,24)32-15-4-2-14(3-5-15)31-12-17(29)27-11-18-28-19(20(25)30)16(33-18)6-1-13-7-9-26-10-8-13/h2-5,7-10H,1,6,11-12H2,(H2,25,30)(H,27,29). The van der Waals surface area contributed by atoms with Gasteiger partial charge >= 0.3 is 6.36 Å². The summed E-state index contributed by atoms with van der Waals surface area (Å²) < 4.78 is 45.5. The number of primary amides is 1. The molecule has 0 aliphatic carbocycles. The highest BCUT2D eigenvalue weighted by Crippen LogP contribution is 2.25. The zero-order chi connectivity index (χ0) is 23.8. The predicted octanol–water partition coefficient (Wildman–Crippen LogP) is 3.02. The summed E-state index contributed by atoms with van der Waals surface area (Å²) in [4.78, 5) is 32.7. The maximum Gasteiger partial charge on any atom is 0.573 e. The number of nitrogens with zero attached hydrogens (tertiary/aromatic N) is 2. The maximum atomic E-state index is 12.2. The van der Waals surface area contributed by atoms with Gasteiger partial charge in [-0.25, -0.2) is 4.98 Å². The highest BCUT2D eigenvalue weighted by atomic mass is 32.1. The lowest BCUT2D eigenvalue weighted by Gasteiger charge is -2.10. The Morgan fingerprint density at radius 2 is 1.70 bits per heavy atom. The number of nitrogens with one attached hydrogen (secondary N) is 1. The van der Waals surface area contributed by atoms with E-state index >= 15 is 0 Å². The zero-order valence-corrected chi connectivity index (χ0v) is 17.9. The van der Waals surface area contributed by atoms with E-state index in [0.717, 1.165) is 22.6 Å². The minimum Gasteiger partial charge on any atom is -0.484 e. The largest absolute Gasteiger partial charge is 0.573 e. The number of hydrogen-bond donors (Lipinski definition) is 2. The van der Waals surface area contributed by atoms with E-state index in [1.165, 1.54) is 23.5 Å². The molecule has 3 N–H and O–H groups in total. The van der Waals surface area contributed by atoms with Gasteiger partial charge in [0.1, 0.15) is 22.2 Å². The van der Waals surface area contributed by atoms with Crippen molar-refractivity contribution in [3.8, 4) is 11.5 Å². The van der Waals surface area contributed by atoms with Crippen molar-refractivity contribution in [2.75, 3.05) is 6.61 Å². The SMILES string of the molecule is NC(=O)c1nc(CNC(=O)COc2ccc(OC(F)(F)F)cc2)sc1CCc1ccncc1. The quantitative estimate of drug-likeness (QED) is 0.461. The Kier molecular flexibility index (Phi) is 7.83. The molecule has 3 aromatic rings. The Bertz CT molecular complexity index is 1090. The van der Waals surface area contributed by atoms with Gasteiger partial charge in [0.05, 0.1) is 6.54 Å². The summed E-state index contributed by atoms with van der Waals surface area (Å²) >= 11 is 1.28. The van der Waals surface area contributed by atoms with Crippen LogP contribution < -0.4 is 20.5 Å². The van der Waals surface area contributed by atoms with E-state index in [1.807, 2.05) is 12.1 Å². The number of benzene rings is 1. The van der Waals surface area contributed by atoms with Gasteiger partial charge in [-0.15, -0.1) is 24.5 Å². The summed E-state index contributed by atoms with van der Waals surface area (Å²) in [5, 5.41) is 3.12. The fourth-order valence-electron chi connectivity index (χ4n) is 2.76. The minimum absolute atomic E-state index is 0.0702. The predicted molar refractivity (Wildman–Crippen MR) is 113 cm³/mol. The molecule has 3 rings (SSSR count). The number of carbonyl (C=O) groups excluding carboxylic acids is 2. The average molecular weight is 480 g/mol. The average Bonchev–Trinajstić information content (AvgIpc) is 3.19. The Morgan fingerprint density at radius 3 is 2.33 bits per heavy atom. The summed E-state index contributed by atoms with van der Waals surface area (Å²) in [5.41, 5.74) is 6.66. The number of thiazole rings is 1. The first kappa shape index (κ1) is 24.0. The smallest absolute Gasteiger partial charge is 0.484 e. The molecule has 174 valence electrons. The van der Waals surface area contributed by atoms with E-state index in [1.54, 1.807) is 12.4 Å². The molecule has 2 aromatic heterocycles. The Balaban J connectivity index is 1.49. The van der Waals surface area contributed by atoms with Crippen LogP contribution in [0.2, 0.25) is 0 Å². The number of ether oxygens (including phenoxy) is 2. The van der Waals surface area contributed by atoms with Crippen LogP contribution in [0, 0.1) is 0 Å². The summed E-state index contributed by atoms with van der Waals surface area (Å²) in [6.45, 7) is -0.289. The van der Waals surface area contributed by atoms with Gasteiger partial charge in [-0.05, 0) is 54.8 Å². The molecule has 33 heavy (non-hydrogen) atoms. The van der Waals surface area contributed by atoms with Crippen molar-refractivity contribution in [2.24, 2.45) is 5.73 Å². The maximum absolute atomic E-state index is 12.2. The van der Waals surface area contributed by atoms with E-state index in [-0.39, 0.29) is 24.6 Å². The van der Waals surface area contributed by atoms with Crippen molar-refractivity contribution in [1.82, 2.24) is 15.3 Å². The molecule has 0 fully saturated rings. The topological polar surface area (TPSA) is 116 Å². The number of nitrogens with two attached hydrogens (primary N) is 1. The first-order valence-electron chi connectivity index (χ1n) is 9.62. The van der Waals surface area contributed by atoms with Gasteiger partial charge < -0.3 is 20.5 Å². The van der Waals surface area contributed by atoms with Crippen molar-refractivity contribution in [3.63, 3.8) is 0 Å². The van der Waals surface area contributed by atoms with Crippen molar-refractivity contribution >= 4 is 23.2 Å². The lowest BCUT2D eigenvalue weighted by Crippen LogP contribution is -2.28. The van der Waals surface area contributed by atoms with Gasteiger partial charge in [0.25, 0.3) is 11.8 Å². The molecule has 0 unspecified atom stereocenters. The van der Waals surface area contributed by atoms with Gasteiger partial charge in [0.2, 0.25) is 0 Å². The Labute approximate surface area is 190 Å². The lowest BCUT2D eigenvalue weighted by molar-refractivity contribution is -0.274. The van der Waals surface area contributed by atoms with Crippen LogP contribution in [-0.2, 0) is 24.2 Å². The second-order valence-corrected chi connectivity index (χ2v) is 7.85. The molecule has 0 radical (unpaired) electrons. The van der Waals surface area contributed by atoms with E-state index in [4.69, 9.17) is 10.5 Å². The Morgan fingerprint density at radius 1 is 1.03 bits per heavy atom. The molecule has 2 amide bonds. The normalized spacial score (nSPS) is 11.1. The highest BCUT2D eigenvalue weighted by molar-refractivity contribution is 7.11. The second kappa shape index (κ2) is 10.8. The van der Waals surface area contributed by atoms with Crippen LogP contribution in [0.25, 0.3) is 0 Å². The van der Waals surface area contributed by atoms with Crippen molar-refractivity contribution in [3.05, 3.63) is 69.9 Å². The fraction of sp³-hybridized carbons (Fsp3) is 0.238. The lowest BCUT2D eigenvalue weighted by atomic mass is 10.1. The van der Waals surface area contributed by atoms with E-state index in [0.29, 0.717) is 17.8 Å². The third-order valence-electron chi connectivity index (χ3n) is 4.23. The van der Waals surface area contributed by atoms with Gasteiger partial charge in [-0.2, -0.15) is 0 Å². The molecule has 0 bridgehead atoms. The molecule has 8 nitrogen and oxygen atoms in total. The minimum atomic E-state index is -4.79.